The summed E-state index contributed by atoms with van der Waals surface area (Å²) < 4.78 is 23.4. The van der Waals surface area contributed by atoms with E-state index in [1.54, 1.807) is 33.4 Å². The van der Waals surface area contributed by atoms with Crippen molar-refractivity contribution in [1.29, 1.82) is 0 Å². The van der Waals surface area contributed by atoms with Crippen LogP contribution in [0.1, 0.15) is 22.6 Å². The third-order valence-electron chi connectivity index (χ3n) is 7.48. The summed E-state index contributed by atoms with van der Waals surface area (Å²) in [5, 5.41) is 31.3. The van der Waals surface area contributed by atoms with Gasteiger partial charge in [-0.1, -0.05) is 42.5 Å². The van der Waals surface area contributed by atoms with Crippen LogP contribution < -0.4 is 29.6 Å². The van der Waals surface area contributed by atoms with E-state index >= 15 is 0 Å². The molecule has 0 saturated heterocycles. The molecule has 5 atom stereocenters. The molecule has 4 N–H and O–H groups in total. The minimum absolute atomic E-state index is 0.334. The maximum absolute atomic E-state index is 12.8. The van der Waals surface area contributed by atoms with Crippen LogP contribution in [-0.2, 0) is 11.2 Å². The van der Waals surface area contributed by atoms with Gasteiger partial charge in [-0.2, -0.15) is 0 Å². The van der Waals surface area contributed by atoms with Crippen molar-refractivity contribution in [1.82, 2.24) is 10.6 Å². The Morgan fingerprint density at radius 3 is 2.22 bits per heavy atom. The van der Waals surface area contributed by atoms with Crippen molar-refractivity contribution in [3.05, 3.63) is 83.4 Å². The number of hydrogen-bond acceptors (Lipinski definition) is 7. The van der Waals surface area contributed by atoms with Gasteiger partial charge in [0.1, 0.15) is 29.1 Å². The third-order valence-corrected chi connectivity index (χ3v) is 7.80. The van der Waals surface area contributed by atoms with Gasteiger partial charge >= 0.3 is 0 Å². The highest BCUT2D eigenvalue weighted by Gasteiger charge is 2.77. The van der Waals surface area contributed by atoms with Gasteiger partial charge in [-0.3, -0.25) is 0 Å². The summed E-state index contributed by atoms with van der Waals surface area (Å²) in [5.74, 6) is 1.27. The molecule has 0 radical (unpaired) electrons. The van der Waals surface area contributed by atoms with E-state index in [2.05, 4.69) is 10.6 Å². The second-order valence-electron chi connectivity index (χ2n) is 9.12. The molecule has 0 amide bonds. The van der Waals surface area contributed by atoms with E-state index in [0.29, 0.717) is 39.2 Å². The number of aliphatic hydroxyl groups is 2. The highest BCUT2D eigenvalue weighted by Crippen LogP contribution is 2.68. The zero-order chi connectivity index (χ0) is 26.4. The Balaban J connectivity index is 1.85. The van der Waals surface area contributed by atoms with Crippen molar-refractivity contribution in [2.75, 3.05) is 28.4 Å². The van der Waals surface area contributed by atoms with Crippen molar-refractivity contribution in [2.45, 2.75) is 29.3 Å². The number of thiocarbonyl (C=S) groups is 1. The lowest BCUT2D eigenvalue weighted by Gasteiger charge is -2.40. The lowest BCUT2D eigenvalue weighted by molar-refractivity contribution is -0.150. The number of nitrogens with one attached hydrogen (secondary N) is 2. The lowest BCUT2D eigenvalue weighted by atomic mass is 9.71. The fraction of sp³-hybridized carbons (Fsp3) is 0.321. The highest BCUT2D eigenvalue weighted by molar-refractivity contribution is 7.80. The molecular weight excluding hydrogens is 492 g/mol. The molecule has 9 heteroatoms. The maximum Gasteiger partial charge on any atom is 0.178 e. The van der Waals surface area contributed by atoms with Gasteiger partial charge in [0.15, 0.2) is 16.3 Å². The first-order valence-corrected chi connectivity index (χ1v) is 12.3. The molecule has 2 aliphatic rings. The Kier molecular flexibility index (Phi) is 6.39. The highest BCUT2D eigenvalue weighted by atomic mass is 32.1. The summed E-state index contributed by atoms with van der Waals surface area (Å²) in [4.78, 5) is 0. The molecule has 1 aliphatic carbocycles. The monoisotopic (exact) mass is 522 g/mol. The van der Waals surface area contributed by atoms with Gasteiger partial charge in [0.2, 0.25) is 0 Å². The average molecular weight is 523 g/mol. The predicted octanol–water partition coefficient (Wildman–Crippen LogP) is 2.81. The van der Waals surface area contributed by atoms with Crippen LogP contribution in [0.5, 0.6) is 23.0 Å². The van der Waals surface area contributed by atoms with Gasteiger partial charge in [0, 0.05) is 19.2 Å². The van der Waals surface area contributed by atoms with Crippen LogP contribution in [0, 0.1) is 0 Å². The molecule has 3 aromatic rings. The summed E-state index contributed by atoms with van der Waals surface area (Å²) >= 11 is 5.45. The van der Waals surface area contributed by atoms with Crippen molar-refractivity contribution in [3.63, 3.8) is 0 Å². The van der Waals surface area contributed by atoms with Crippen molar-refractivity contribution < 1.29 is 29.2 Å². The maximum atomic E-state index is 12.8. The molecule has 3 aromatic carbocycles. The Morgan fingerprint density at radius 1 is 0.946 bits per heavy atom. The first-order chi connectivity index (χ1) is 17.8. The largest absolute Gasteiger partial charge is 0.497 e. The Labute approximate surface area is 221 Å². The van der Waals surface area contributed by atoms with E-state index in [9.17, 15) is 10.2 Å². The number of aliphatic hydroxyl groups excluding tert-OH is 1. The quantitative estimate of drug-likeness (QED) is 0.364. The summed E-state index contributed by atoms with van der Waals surface area (Å²) in [6.45, 7) is 0. The molecule has 0 spiro atoms. The Morgan fingerprint density at radius 2 is 1.62 bits per heavy atom. The first kappa shape index (κ1) is 25.1. The normalized spacial score (nSPS) is 27.5. The van der Waals surface area contributed by atoms with Crippen molar-refractivity contribution in [3.8, 4) is 23.0 Å². The van der Waals surface area contributed by atoms with Gasteiger partial charge in [0.25, 0.3) is 0 Å². The predicted molar refractivity (Wildman–Crippen MR) is 143 cm³/mol. The summed E-state index contributed by atoms with van der Waals surface area (Å²) in [7, 11) is 6.34. The van der Waals surface area contributed by atoms with Gasteiger partial charge < -0.3 is 39.8 Å². The van der Waals surface area contributed by atoms with Crippen LogP contribution in [0.4, 0.5) is 0 Å². The number of rotatable bonds is 6. The number of fused-ring (bicyclic) bond motifs is 3. The van der Waals surface area contributed by atoms with Gasteiger partial charge in [-0.25, -0.2) is 0 Å². The van der Waals surface area contributed by atoms with Gasteiger partial charge in [0.05, 0.1) is 38.9 Å². The third kappa shape index (κ3) is 3.53. The molecule has 1 saturated carbocycles. The van der Waals surface area contributed by atoms with Crippen LogP contribution >= 0.6 is 12.2 Å². The van der Waals surface area contributed by atoms with Crippen LogP contribution in [0.25, 0.3) is 0 Å². The first-order valence-electron chi connectivity index (χ1n) is 11.9. The van der Waals surface area contributed by atoms with E-state index in [-0.39, 0.29) is 0 Å². The van der Waals surface area contributed by atoms with E-state index in [1.165, 1.54) is 7.11 Å². The van der Waals surface area contributed by atoms with E-state index in [4.69, 9.17) is 31.2 Å². The van der Waals surface area contributed by atoms with Gasteiger partial charge in [-0.05, 0) is 35.5 Å². The molecule has 0 aromatic heterocycles. The molecule has 37 heavy (non-hydrogen) atoms. The van der Waals surface area contributed by atoms with Crippen LogP contribution in [0.2, 0.25) is 0 Å². The lowest BCUT2D eigenvalue weighted by Crippen LogP contribution is -2.52. The molecular formula is C28H30N2O6S. The Bertz CT molecular complexity index is 1300. The smallest absolute Gasteiger partial charge is 0.178 e. The standard InChI is InChI=1S/C28H30N2O6S/c1-29-26(37)30-24-22(16-8-6-5-7-9-16)28(17-10-12-18(33-2)13-11-17)27(32,25(24)31)23-20(35-4)14-19(34-3)15-21(23)36-28/h5-15,22,24-25,31-32H,1-4H3,(H2,29,30,37)/t22-,24?,25?,27+,28+/m1/s1. The summed E-state index contributed by atoms with van der Waals surface area (Å²) in [5.41, 5.74) is -1.55. The molecule has 0 bridgehead atoms. The summed E-state index contributed by atoms with van der Waals surface area (Å²) in [6.07, 6.45) is -1.35. The van der Waals surface area contributed by atoms with Crippen LogP contribution in [0.15, 0.2) is 66.7 Å². The average Bonchev–Trinajstić information content (AvgIpc) is 3.31. The fourth-order valence-corrected chi connectivity index (χ4v) is 6.02. The minimum Gasteiger partial charge on any atom is -0.497 e. The molecule has 1 aliphatic heterocycles. The number of ether oxygens (including phenoxy) is 4. The number of benzene rings is 3. The van der Waals surface area contributed by atoms with Crippen molar-refractivity contribution >= 4 is 17.3 Å². The number of hydrogen-bond donors (Lipinski definition) is 4. The molecule has 1 fully saturated rings. The van der Waals surface area contributed by atoms with Crippen LogP contribution in [-0.4, -0.2) is 55.8 Å². The van der Waals surface area contributed by atoms with Crippen LogP contribution in [0.3, 0.4) is 0 Å². The van der Waals surface area contributed by atoms with Gasteiger partial charge in [-0.15, -0.1) is 0 Å². The second-order valence-corrected chi connectivity index (χ2v) is 9.53. The minimum atomic E-state index is -1.93. The molecule has 2 unspecified atom stereocenters. The molecule has 194 valence electrons. The second kappa shape index (κ2) is 9.41. The number of methoxy groups -OCH3 is 3. The molecule has 5 rings (SSSR count). The summed E-state index contributed by atoms with van der Waals surface area (Å²) in [6, 6.07) is 19.6. The molecule has 1 heterocycles. The zero-order valence-electron chi connectivity index (χ0n) is 21.0. The topological polar surface area (TPSA) is 101 Å². The van der Waals surface area contributed by atoms with E-state index in [0.717, 1.165) is 5.56 Å². The fourth-order valence-electron chi connectivity index (χ4n) is 5.89. The van der Waals surface area contributed by atoms with Crippen molar-refractivity contribution in [2.24, 2.45) is 0 Å². The van der Waals surface area contributed by atoms with E-state index < -0.39 is 29.3 Å². The SMILES string of the molecule is CNC(=S)NC1C(O)[C@@]2(O)c3c(OC)cc(OC)cc3O[C@@]2(c2ccc(OC)cc2)[C@@H]1c1ccccc1. The molecule has 8 nitrogen and oxygen atoms in total. The Hall–Kier alpha value is -3.53. The zero-order valence-corrected chi connectivity index (χ0v) is 21.8. The van der Waals surface area contributed by atoms with E-state index in [1.807, 2.05) is 54.6 Å².